The van der Waals surface area contributed by atoms with Crippen molar-refractivity contribution in [2.45, 2.75) is 38.1 Å². The average molecular weight is 290 g/mol. The van der Waals surface area contributed by atoms with Gasteiger partial charge in [-0.05, 0) is 13.8 Å². The summed E-state index contributed by atoms with van der Waals surface area (Å²) in [5.74, 6) is 0.180. The Kier molecular flexibility index (Phi) is 3.03. The number of hydrogen-bond acceptors (Lipinski definition) is 6. The minimum atomic E-state index is -1.95. The second kappa shape index (κ2) is 4.54. The molecule has 1 amide bonds. The summed E-state index contributed by atoms with van der Waals surface area (Å²) < 4.78 is 4.79. The number of carbonyl (C=O) groups excluding carboxylic acids is 2. The molecule has 1 aromatic heterocycles. The second-order valence-corrected chi connectivity index (χ2v) is 5.88. The number of rotatable bonds is 3. The van der Waals surface area contributed by atoms with Crippen LogP contribution in [0.2, 0.25) is 0 Å². The average Bonchev–Trinajstić information content (AvgIpc) is 2.53. The molecule has 21 heavy (non-hydrogen) atoms. The molecule has 1 aliphatic heterocycles. The minimum absolute atomic E-state index is 0.107. The van der Waals surface area contributed by atoms with E-state index in [1.165, 1.54) is 6.20 Å². The van der Waals surface area contributed by atoms with Gasteiger partial charge in [0.1, 0.15) is 11.5 Å². The van der Waals surface area contributed by atoms with Gasteiger partial charge < -0.3 is 19.6 Å². The van der Waals surface area contributed by atoms with E-state index in [0.717, 1.165) is 0 Å². The van der Waals surface area contributed by atoms with Gasteiger partial charge in [0.2, 0.25) is 5.91 Å². The lowest BCUT2D eigenvalue weighted by Gasteiger charge is -2.34. The van der Waals surface area contributed by atoms with Crippen LogP contribution < -0.4 is 9.55 Å². The summed E-state index contributed by atoms with van der Waals surface area (Å²) in [6.45, 7) is 3.56. The Morgan fingerprint density at radius 1 is 1.38 bits per heavy atom. The number of pyridine rings is 1. The highest BCUT2D eigenvalue weighted by Crippen LogP contribution is 2.44. The van der Waals surface area contributed by atoms with E-state index in [0.29, 0.717) is 24.2 Å². The van der Waals surface area contributed by atoms with Gasteiger partial charge in [-0.1, -0.05) is 0 Å². The number of fused-ring (bicyclic) bond motifs is 1. The zero-order valence-electron chi connectivity index (χ0n) is 11.7. The molecule has 0 saturated heterocycles. The largest absolute Gasteiger partial charge is 0.707 e. The van der Waals surface area contributed by atoms with Crippen LogP contribution in [0.25, 0.3) is 0 Å². The normalized spacial score (nSPS) is 20.3. The maximum atomic E-state index is 12.6. The molecular formula is C13H15BN2O5. The van der Waals surface area contributed by atoms with E-state index >= 15 is 0 Å². The molecule has 1 aliphatic carbocycles. The van der Waals surface area contributed by atoms with E-state index in [1.807, 2.05) is 0 Å². The molecule has 0 unspecified atom stereocenters. The number of nitrogens with zero attached hydrogens (tertiary/aromatic N) is 2. The quantitative estimate of drug-likeness (QED) is 0.747. The molecule has 1 saturated carbocycles. The smallest absolute Gasteiger partial charge is 0.511 e. The Morgan fingerprint density at radius 2 is 2.05 bits per heavy atom. The van der Waals surface area contributed by atoms with Gasteiger partial charge >= 0.3 is 7.32 Å². The number of anilines is 1. The van der Waals surface area contributed by atoms with Crippen molar-refractivity contribution in [3.05, 3.63) is 18.0 Å². The van der Waals surface area contributed by atoms with Crippen LogP contribution in [0.5, 0.6) is 5.75 Å². The molecule has 0 spiro atoms. The van der Waals surface area contributed by atoms with Crippen LogP contribution in [0.1, 0.15) is 32.4 Å². The lowest BCUT2D eigenvalue weighted by Crippen LogP contribution is -2.49. The van der Waals surface area contributed by atoms with Crippen LogP contribution in [-0.2, 0) is 15.0 Å². The Morgan fingerprint density at radius 3 is 2.62 bits per heavy atom. The molecule has 2 aliphatic rings. The third kappa shape index (κ3) is 2.11. The summed E-state index contributed by atoms with van der Waals surface area (Å²) in [4.78, 5) is 29.6. The molecule has 2 heterocycles. The number of hydrogen-bond donors (Lipinski definition) is 2. The van der Waals surface area contributed by atoms with Crippen LogP contribution in [-0.4, -0.2) is 40.1 Å². The number of aromatic nitrogens is 1. The first-order valence-electron chi connectivity index (χ1n) is 6.69. The Bertz CT molecular complexity index is 623. The first-order valence-corrected chi connectivity index (χ1v) is 6.69. The van der Waals surface area contributed by atoms with Crippen molar-refractivity contribution in [2.75, 3.05) is 4.90 Å². The van der Waals surface area contributed by atoms with Crippen molar-refractivity contribution in [3.8, 4) is 5.75 Å². The van der Waals surface area contributed by atoms with Gasteiger partial charge in [0, 0.05) is 18.9 Å². The fourth-order valence-corrected chi connectivity index (χ4v) is 2.81. The van der Waals surface area contributed by atoms with Gasteiger partial charge in [0.25, 0.3) is 0 Å². The van der Waals surface area contributed by atoms with Crippen molar-refractivity contribution >= 4 is 24.7 Å². The van der Waals surface area contributed by atoms with Gasteiger partial charge in [0.05, 0.1) is 29.0 Å². The van der Waals surface area contributed by atoms with Gasteiger partial charge in [-0.2, -0.15) is 0 Å². The monoisotopic (exact) mass is 290 g/mol. The first kappa shape index (κ1) is 14.0. The fraction of sp³-hybridized carbons (Fsp3) is 0.462. The van der Waals surface area contributed by atoms with E-state index in [1.54, 1.807) is 24.8 Å². The fourth-order valence-electron chi connectivity index (χ4n) is 2.81. The zero-order chi connectivity index (χ0) is 15.4. The van der Waals surface area contributed by atoms with Crippen LogP contribution >= 0.6 is 0 Å². The maximum Gasteiger partial charge on any atom is 0.707 e. The van der Waals surface area contributed by atoms with Gasteiger partial charge in [-0.3, -0.25) is 14.6 Å². The molecule has 8 heteroatoms. The lowest BCUT2D eigenvalue weighted by atomic mass is 9.88. The molecule has 0 atom stereocenters. The Balaban J connectivity index is 2.01. The van der Waals surface area contributed by atoms with Crippen molar-refractivity contribution in [2.24, 2.45) is 0 Å². The van der Waals surface area contributed by atoms with E-state index in [4.69, 9.17) is 14.7 Å². The third-order valence-corrected chi connectivity index (χ3v) is 3.98. The summed E-state index contributed by atoms with van der Waals surface area (Å²) in [7, 11) is -1.95. The highest BCUT2D eigenvalue weighted by Gasteiger charge is 2.50. The van der Waals surface area contributed by atoms with E-state index in [9.17, 15) is 9.59 Å². The van der Waals surface area contributed by atoms with E-state index in [2.05, 4.69) is 4.98 Å². The summed E-state index contributed by atoms with van der Waals surface area (Å²) in [6.07, 6.45) is 2.03. The molecular weight excluding hydrogens is 275 g/mol. The van der Waals surface area contributed by atoms with Crippen LogP contribution in [0.3, 0.4) is 0 Å². The number of ketones is 1. The molecule has 1 fully saturated rings. The Labute approximate surface area is 121 Å². The SMILES string of the molecule is CC1(C)C(=O)N(C2CC(=O)C2)c2cc(OB(O)O)cnc21. The maximum absolute atomic E-state index is 12.6. The summed E-state index contributed by atoms with van der Waals surface area (Å²) in [5, 5.41) is 17.7. The summed E-state index contributed by atoms with van der Waals surface area (Å²) in [6, 6.07) is 1.40. The van der Waals surface area contributed by atoms with Crippen molar-refractivity contribution in [3.63, 3.8) is 0 Å². The van der Waals surface area contributed by atoms with Gasteiger partial charge in [-0.25, -0.2) is 0 Å². The van der Waals surface area contributed by atoms with E-state index in [-0.39, 0.29) is 23.5 Å². The number of amides is 1. The number of carbonyl (C=O) groups is 2. The molecule has 0 bridgehead atoms. The van der Waals surface area contributed by atoms with Crippen molar-refractivity contribution in [1.82, 2.24) is 4.98 Å². The van der Waals surface area contributed by atoms with E-state index < -0.39 is 12.7 Å². The zero-order valence-corrected chi connectivity index (χ0v) is 11.7. The first-order chi connectivity index (χ1) is 9.80. The Hall–Kier alpha value is -1.93. The second-order valence-electron chi connectivity index (χ2n) is 5.88. The minimum Gasteiger partial charge on any atom is -0.511 e. The number of Topliss-reactive ketones (excluding diaryl/α,β-unsaturated/α-hetero) is 1. The van der Waals surface area contributed by atoms with Gasteiger partial charge in [-0.15, -0.1) is 0 Å². The predicted molar refractivity (Wildman–Crippen MR) is 73.6 cm³/mol. The van der Waals surface area contributed by atoms with Crippen molar-refractivity contribution < 1.29 is 24.3 Å². The van der Waals surface area contributed by atoms with Gasteiger partial charge in [0.15, 0.2) is 0 Å². The van der Waals surface area contributed by atoms with Crippen LogP contribution in [0.4, 0.5) is 5.69 Å². The topological polar surface area (TPSA) is 100.0 Å². The van der Waals surface area contributed by atoms with Crippen molar-refractivity contribution in [1.29, 1.82) is 0 Å². The highest BCUT2D eigenvalue weighted by atomic mass is 16.6. The lowest BCUT2D eigenvalue weighted by molar-refractivity contribution is -0.127. The molecule has 0 aromatic carbocycles. The summed E-state index contributed by atoms with van der Waals surface area (Å²) in [5.41, 5.74) is 0.400. The summed E-state index contributed by atoms with van der Waals surface area (Å²) >= 11 is 0. The molecule has 3 rings (SSSR count). The molecule has 1 aromatic rings. The molecule has 0 radical (unpaired) electrons. The standard InChI is InChI=1S/C13H15BN2O5/c1-13(2)11-10(5-9(6-15-11)21-14(19)20)16(12(13)18)7-3-8(17)4-7/h5-7,19-20H,3-4H2,1-2H3. The molecule has 7 nitrogen and oxygen atoms in total. The van der Waals surface area contributed by atoms with Crippen LogP contribution in [0, 0.1) is 0 Å². The highest BCUT2D eigenvalue weighted by molar-refractivity contribution is 6.33. The molecule has 2 N–H and O–H groups in total. The predicted octanol–water partition coefficient (Wildman–Crippen LogP) is -0.214. The molecule has 110 valence electrons. The van der Waals surface area contributed by atoms with Crippen LogP contribution in [0.15, 0.2) is 12.3 Å². The third-order valence-electron chi connectivity index (χ3n) is 3.98.